The first kappa shape index (κ1) is 14.5. The molecule has 3 rings (SSSR count). The van der Waals surface area contributed by atoms with Gasteiger partial charge in [-0.25, -0.2) is 13.1 Å². The van der Waals surface area contributed by atoms with E-state index < -0.39 is 10.0 Å². The maximum absolute atomic E-state index is 12.4. The minimum absolute atomic E-state index is 0.103. The van der Waals surface area contributed by atoms with Crippen molar-refractivity contribution in [3.63, 3.8) is 0 Å². The summed E-state index contributed by atoms with van der Waals surface area (Å²) in [7, 11) is -3.44. The highest BCUT2D eigenvalue weighted by atomic mass is 32.2. The highest BCUT2D eigenvalue weighted by Crippen LogP contribution is 2.48. The number of sulfonamides is 1. The Morgan fingerprint density at radius 2 is 1.95 bits per heavy atom. The van der Waals surface area contributed by atoms with E-state index in [0.717, 1.165) is 16.7 Å². The highest BCUT2D eigenvalue weighted by Gasteiger charge is 2.41. The summed E-state index contributed by atoms with van der Waals surface area (Å²) < 4.78 is 27.6. The molecule has 2 aliphatic rings. The molecule has 20 heavy (non-hydrogen) atoms. The van der Waals surface area contributed by atoms with Crippen molar-refractivity contribution in [3.05, 3.63) is 15.8 Å². The SMILES string of the molecule is Cc1sc(CO)cc1S(=O)(=O)NCC(C1CC1)C1CC1. The Hall–Kier alpha value is -0.430. The Labute approximate surface area is 124 Å². The second kappa shape index (κ2) is 5.40. The minimum Gasteiger partial charge on any atom is -0.391 e. The third-order valence-electron chi connectivity index (χ3n) is 4.33. The summed E-state index contributed by atoms with van der Waals surface area (Å²) in [6.07, 6.45) is 5.04. The van der Waals surface area contributed by atoms with Gasteiger partial charge in [0.15, 0.2) is 0 Å². The fourth-order valence-electron chi connectivity index (χ4n) is 2.92. The molecule has 1 aromatic rings. The molecule has 1 heterocycles. The van der Waals surface area contributed by atoms with Gasteiger partial charge in [0.2, 0.25) is 10.0 Å². The van der Waals surface area contributed by atoms with E-state index in [0.29, 0.717) is 22.2 Å². The van der Waals surface area contributed by atoms with Crippen LogP contribution < -0.4 is 4.72 Å². The largest absolute Gasteiger partial charge is 0.391 e. The molecule has 2 N–H and O–H groups in total. The molecule has 0 bridgehead atoms. The van der Waals surface area contributed by atoms with E-state index in [2.05, 4.69) is 4.72 Å². The van der Waals surface area contributed by atoms with Gasteiger partial charge in [-0.3, -0.25) is 0 Å². The fourth-order valence-corrected chi connectivity index (χ4v) is 5.49. The van der Waals surface area contributed by atoms with Gasteiger partial charge >= 0.3 is 0 Å². The van der Waals surface area contributed by atoms with Crippen molar-refractivity contribution in [1.82, 2.24) is 4.72 Å². The van der Waals surface area contributed by atoms with Gasteiger partial charge < -0.3 is 5.11 Å². The van der Waals surface area contributed by atoms with E-state index in [1.807, 2.05) is 0 Å². The van der Waals surface area contributed by atoms with Crippen LogP contribution in [0.1, 0.15) is 35.4 Å². The number of aliphatic hydroxyl groups excluding tert-OH is 1. The molecule has 2 aliphatic carbocycles. The van der Waals surface area contributed by atoms with Crippen LogP contribution in [0.4, 0.5) is 0 Å². The number of rotatable bonds is 7. The van der Waals surface area contributed by atoms with Gasteiger partial charge in [0.05, 0.1) is 11.5 Å². The molecule has 0 spiro atoms. The number of nitrogens with one attached hydrogen (secondary N) is 1. The van der Waals surface area contributed by atoms with Crippen LogP contribution in [0, 0.1) is 24.7 Å². The van der Waals surface area contributed by atoms with Crippen LogP contribution in [0.3, 0.4) is 0 Å². The molecule has 1 aromatic heterocycles. The number of aryl methyl sites for hydroxylation is 1. The molecule has 4 nitrogen and oxygen atoms in total. The molecule has 112 valence electrons. The van der Waals surface area contributed by atoms with Crippen molar-refractivity contribution in [1.29, 1.82) is 0 Å². The van der Waals surface area contributed by atoms with Gasteiger partial charge in [-0.05, 0) is 56.4 Å². The molecular weight excluding hydrogens is 294 g/mol. The Morgan fingerprint density at radius 1 is 1.35 bits per heavy atom. The van der Waals surface area contributed by atoms with Crippen LogP contribution in [0.5, 0.6) is 0 Å². The van der Waals surface area contributed by atoms with Crippen molar-refractivity contribution >= 4 is 21.4 Å². The van der Waals surface area contributed by atoms with Crippen LogP contribution in [0.15, 0.2) is 11.0 Å². The van der Waals surface area contributed by atoms with Crippen molar-refractivity contribution in [3.8, 4) is 0 Å². The molecule has 0 radical (unpaired) electrons. The molecular formula is C14H21NO3S2. The van der Waals surface area contributed by atoms with Crippen molar-refractivity contribution in [2.75, 3.05) is 6.54 Å². The average molecular weight is 315 g/mol. The topological polar surface area (TPSA) is 66.4 Å². The summed E-state index contributed by atoms with van der Waals surface area (Å²) in [6.45, 7) is 2.26. The molecule has 2 fully saturated rings. The Morgan fingerprint density at radius 3 is 2.40 bits per heavy atom. The molecule has 6 heteroatoms. The van der Waals surface area contributed by atoms with E-state index in [4.69, 9.17) is 5.11 Å². The van der Waals surface area contributed by atoms with Crippen LogP contribution >= 0.6 is 11.3 Å². The monoisotopic (exact) mass is 315 g/mol. The number of thiophene rings is 1. The Bertz CT molecular complexity index is 574. The lowest BCUT2D eigenvalue weighted by Crippen LogP contribution is -2.31. The Kier molecular flexibility index (Phi) is 3.92. The molecule has 0 atom stereocenters. The number of aliphatic hydroxyl groups is 1. The summed E-state index contributed by atoms with van der Waals surface area (Å²) in [5, 5.41) is 9.12. The number of hydrogen-bond acceptors (Lipinski definition) is 4. The standard InChI is InChI=1S/C14H21NO3S2/c1-9-14(6-12(8-16)19-9)20(17,18)15-7-13(10-2-3-10)11-4-5-11/h6,10-11,13,15-16H,2-5,7-8H2,1H3. The van der Waals surface area contributed by atoms with E-state index in [1.54, 1.807) is 13.0 Å². The van der Waals surface area contributed by atoms with Crippen molar-refractivity contribution in [2.45, 2.75) is 44.1 Å². The first-order valence-corrected chi connectivity index (χ1v) is 9.51. The lowest BCUT2D eigenvalue weighted by Gasteiger charge is -2.16. The van der Waals surface area contributed by atoms with Gasteiger partial charge in [-0.2, -0.15) is 0 Å². The second-order valence-electron chi connectivity index (χ2n) is 5.98. The second-order valence-corrected chi connectivity index (χ2v) is 9.06. The maximum Gasteiger partial charge on any atom is 0.241 e. The van der Waals surface area contributed by atoms with E-state index in [9.17, 15) is 8.42 Å². The summed E-state index contributed by atoms with van der Waals surface area (Å²) in [5.74, 6) is 2.00. The first-order valence-electron chi connectivity index (χ1n) is 7.21. The zero-order chi connectivity index (χ0) is 14.3. The van der Waals surface area contributed by atoms with Gasteiger partial charge in [0.25, 0.3) is 0 Å². The quantitative estimate of drug-likeness (QED) is 0.811. The summed E-state index contributed by atoms with van der Waals surface area (Å²) in [6, 6.07) is 1.59. The van der Waals surface area contributed by atoms with Crippen molar-refractivity contribution < 1.29 is 13.5 Å². The van der Waals surface area contributed by atoms with Crippen molar-refractivity contribution in [2.24, 2.45) is 17.8 Å². The van der Waals surface area contributed by atoms with Gasteiger partial charge in [0.1, 0.15) is 0 Å². The van der Waals surface area contributed by atoms with Gasteiger partial charge in [0, 0.05) is 16.3 Å². The van der Waals surface area contributed by atoms with Crippen LogP contribution in [0.2, 0.25) is 0 Å². The van der Waals surface area contributed by atoms with Gasteiger partial charge in [-0.15, -0.1) is 11.3 Å². The Balaban J connectivity index is 1.69. The highest BCUT2D eigenvalue weighted by molar-refractivity contribution is 7.89. The van der Waals surface area contributed by atoms with E-state index in [1.165, 1.54) is 37.0 Å². The fraction of sp³-hybridized carbons (Fsp3) is 0.714. The zero-order valence-corrected chi connectivity index (χ0v) is 13.3. The molecule has 0 amide bonds. The van der Waals surface area contributed by atoms with Gasteiger partial charge in [-0.1, -0.05) is 0 Å². The van der Waals surface area contributed by atoms with Crippen LogP contribution in [-0.2, 0) is 16.6 Å². The minimum atomic E-state index is -3.44. The zero-order valence-electron chi connectivity index (χ0n) is 11.6. The molecule has 0 aromatic carbocycles. The molecule has 0 saturated heterocycles. The lowest BCUT2D eigenvalue weighted by atomic mass is 9.99. The third-order valence-corrected chi connectivity index (χ3v) is 7.05. The summed E-state index contributed by atoms with van der Waals surface area (Å²) in [5.41, 5.74) is 0. The van der Waals surface area contributed by atoms with Crippen LogP contribution in [-0.4, -0.2) is 20.1 Å². The molecule has 0 aliphatic heterocycles. The molecule has 0 unspecified atom stereocenters. The van der Waals surface area contributed by atoms with E-state index in [-0.39, 0.29) is 6.61 Å². The predicted molar refractivity (Wildman–Crippen MR) is 79.1 cm³/mol. The third kappa shape index (κ3) is 3.08. The van der Waals surface area contributed by atoms with E-state index >= 15 is 0 Å². The molecule has 2 saturated carbocycles. The normalized spacial score (nSPS) is 19.8. The summed E-state index contributed by atoms with van der Waals surface area (Å²) in [4.78, 5) is 1.77. The first-order chi connectivity index (χ1) is 9.51. The lowest BCUT2D eigenvalue weighted by molar-refractivity contribution is 0.285. The average Bonchev–Trinajstić information content (AvgIpc) is 3.29. The smallest absolute Gasteiger partial charge is 0.241 e. The van der Waals surface area contributed by atoms with Crippen LogP contribution in [0.25, 0.3) is 0 Å². The maximum atomic E-state index is 12.4. The summed E-state index contributed by atoms with van der Waals surface area (Å²) >= 11 is 1.34. The predicted octanol–water partition coefficient (Wildman–Crippen LogP) is 2.26. The number of hydrogen-bond donors (Lipinski definition) is 2.